The number of hydrogen-bond acceptors (Lipinski definition) is 5. The Hall–Kier alpha value is -4.13. The van der Waals surface area contributed by atoms with E-state index in [2.05, 4.69) is 60.3 Å². The van der Waals surface area contributed by atoms with Crippen molar-refractivity contribution in [1.82, 2.24) is 25.4 Å². The average Bonchev–Trinajstić information content (AvgIpc) is 3.43. The Bertz CT molecular complexity index is 1390. The second kappa shape index (κ2) is 10.7. The third-order valence-corrected chi connectivity index (χ3v) is 8.19. The highest BCUT2D eigenvalue weighted by Crippen LogP contribution is 2.52. The fraction of sp³-hybridized carbons (Fsp3) is 0.323. The molecular weight excluding hydrogens is 474 g/mol. The number of allylic oxidation sites excluding steroid dienone is 3. The number of carbonyl (C=O) groups excluding carboxylic acids is 1. The van der Waals surface area contributed by atoms with Crippen molar-refractivity contribution in [1.29, 1.82) is 0 Å². The quantitative estimate of drug-likeness (QED) is 0.357. The van der Waals surface area contributed by atoms with Gasteiger partial charge in [-0.25, -0.2) is 9.67 Å². The van der Waals surface area contributed by atoms with Crippen molar-refractivity contribution >= 4 is 11.6 Å². The number of dihydropyridines is 1. The van der Waals surface area contributed by atoms with Crippen LogP contribution in [0.4, 0.5) is 0 Å². The lowest BCUT2D eigenvalue weighted by Gasteiger charge is -2.35. The number of nitrogens with one attached hydrogen (secondary N) is 2. The number of rotatable bonds is 8. The van der Waals surface area contributed by atoms with Gasteiger partial charge in [-0.15, -0.1) is 0 Å². The van der Waals surface area contributed by atoms with Crippen LogP contribution in [0.5, 0.6) is 5.88 Å². The van der Waals surface area contributed by atoms with E-state index in [1.807, 2.05) is 35.3 Å². The molecule has 2 aromatic heterocycles. The molecule has 1 aliphatic carbocycles. The summed E-state index contributed by atoms with van der Waals surface area (Å²) in [5, 5.41) is 20.9. The molecule has 3 heterocycles. The Labute approximate surface area is 224 Å². The molecular formula is C31H35N5O2. The molecule has 2 aliphatic rings. The van der Waals surface area contributed by atoms with Crippen molar-refractivity contribution in [2.45, 2.75) is 45.6 Å². The standard InChI is InChI=1S/C31H35N5O2/c1-21-14-15-25(31(21,3)18-24-19-33-36(22(24)2)26-11-8-16-32-20-26)17-28(23-9-5-4-6-10-23)35-30(38)27-12-7-13-29(37)34-27/h4-13,19-20,25,28,32H,1,14-18H2,2-3H3,(H,34,37)(H,35,38)/t25-,28?,31+/m1/s1. The molecule has 1 saturated carbocycles. The molecule has 7 heteroatoms. The first-order valence-corrected chi connectivity index (χ1v) is 13.2. The summed E-state index contributed by atoms with van der Waals surface area (Å²) >= 11 is 0. The van der Waals surface area contributed by atoms with Crippen LogP contribution < -0.4 is 10.6 Å². The topological polar surface area (TPSA) is 92.1 Å². The zero-order valence-electron chi connectivity index (χ0n) is 22.0. The van der Waals surface area contributed by atoms with Crippen LogP contribution in [0.1, 0.15) is 59.5 Å². The maximum absolute atomic E-state index is 13.1. The van der Waals surface area contributed by atoms with Crippen molar-refractivity contribution in [2.24, 2.45) is 11.3 Å². The molecule has 3 N–H and O–H groups in total. The van der Waals surface area contributed by atoms with Gasteiger partial charge in [0.1, 0.15) is 5.69 Å². The van der Waals surface area contributed by atoms with Gasteiger partial charge in [-0.05, 0) is 67.2 Å². The van der Waals surface area contributed by atoms with Gasteiger partial charge in [0.05, 0.1) is 17.9 Å². The van der Waals surface area contributed by atoms with E-state index >= 15 is 0 Å². The highest BCUT2D eigenvalue weighted by molar-refractivity contribution is 5.92. The fourth-order valence-electron chi connectivity index (χ4n) is 5.78. The van der Waals surface area contributed by atoms with Crippen molar-refractivity contribution in [2.75, 3.05) is 6.54 Å². The van der Waals surface area contributed by atoms with E-state index in [9.17, 15) is 9.90 Å². The molecule has 0 bridgehead atoms. The van der Waals surface area contributed by atoms with Crippen molar-refractivity contribution in [3.8, 4) is 5.88 Å². The largest absolute Gasteiger partial charge is 0.493 e. The van der Waals surface area contributed by atoms with E-state index in [0.717, 1.165) is 49.2 Å². The molecule has 5 rings (SSSR count). The molecule has 1 fully saturated rings. The number of carbonyl (C=O) groups is 1. The molecule has 0 saturated heterocycles. The number of nitrogens with zero attached hydrogens (tertiary/aromatic N) is 3. The van der Waals surface area contributed by atoms with Crippen LogP contribution in [0.3, 0.4) is 0 Å². The van der Waals surface area contributed by atoms with Crippen LogP contribution in [0.2, 0.25) is 0 Å². The van der Waals surface area contributed by atoms with Crippen molar-refractivity contribution < 1.29 is 9.90 Å². The van der Waals surface area contributed by atoms with Crippen molar-refractivity contribution in [3.63, 3.8) is 0 Å². The Morgan fingerprint density at radius 2 is 2.08 bits per heavy atom. The normalized spacial score (nSPS) is 21.6. The average molecular weight is 510 g/mol. The van der Waals surface area contributed by atoms with E-state index in [0.29, 0.717) is 5.92 Å². The van der Waals surface area contributed by atoms with E-state index in [1.54, 1.807) is 12.1 Å². The summed E-state index contributed by atoms with van der Waals surface area (Å²) in [5.41, 5.74) is 5.74. The first-order valence-electron chi connectivity index (χ1n) is 13.2. The number of aromatic hydroxyl groups is 1. The highest BCUT2D eigenvalue weighted by Gasteiger charge is 2.43. The van der Waals surface area contributed by atoms with E-state index < -0.39 is 0 Å². The number of hydrogen-bond donors (Lipinski definition) is 3. The Morgan fingerprint density at radius 3 is 2.82 bits per heavy atom. The van der Waals surface area contributed by atoms with Crippen LogP contribution >= 0.6 is 0 Å². The Morgan fingerprint density at radius 1 is 1.26 bits per heavy atom. The van der Waals surface area contributed by atoms with Gasteiger partial charge >= 0.3 is 0 Å². The lowest BCUT2D eigenvalue weighted by Crippen LogP contribution is -2.34. The monoisotopic (exact) mass is 509 g/mol. The molecule has 1 aromatic carbocycles. The maximum atomic E-state index is 13.1. The van der Waals surface area contributed by atoms with E-state index in [-0.39, 0.29) is 28.9 Å². The number of amides is 1. The third kappa shape index (κ3) is 5.14. The van der Waals surface area contributed by atoms with Crippen LogP contribution in [-0.2, 0) is 6.42 Å². The molecule has 0 radical (unpaired) electrons. The number of benzene rings is 1. The molecule has 0 spiro atoms. The fourth-order valence-corrected chi connectivity index (χ4v) is 5.78. The molecule has 7 nitrogen and oxygen atoms in total. The second-order valence-corrected chi connectivity index (χ2v) is 10.5. The maximum Gasteiger partial charge on any atom is 0.270 e. The third-order valence-electron chi connectivity index (χ3n) is 8.19. The van der Waals surface area contributed by atoms with Crippen LogP contribution in [-0.4, -0.2) is 32.3 Å². The van der Waals surface area contributed by atoms with Gasteiger partial charge in [0.15, 0.2) is 0 Å². The predicted molar refractivity (Wildman–Crippen MR) is 149 cm³/mol. The summed E-state index contributed by atoms with van der Waals surface area (Å²) in [5.74, 6) is -0.150. The second-order valence-electron chi connectivity index (χ2n) is 10.5. The summed E-state index contributed by atoms with van der Waals surface area (Å²) in [7, 11) is 0. The van der Waals surface area contributed by atoms with E-state index in [4.69, 9.17) is 5.10 Å². The highest BCUT2D eigenvalue weighted by atomic mass is 16.3. The van der Waals surface area contributed by atoms with Crippen LogP contribution in [0.25, 0.3) is 5.70 Å². The molecule has 196 valence electrons. The van der Waals surface area contributed by atoms with Gasteiger partial charge in [-0.1, -0.05) is 61.5 Å². The van der Waals surface area contributed by atoms with Gasteiger partial charge in [0.2, 0.25) is 5.88 Å². The molecule has 3 aromatic rings. The van der Waals surface area contributed by atoms with E-state index in [1.165, 1.54) is 17.2 Å². The first kappa shape index (κ1) is 25.5. The van der Waals surface area contributed by atoms with Gasteiger partial charge < -0.3 is 15.7 Å². The smallest absolute Gasteiger partial charge is 0.270 e. The summed E-state index contributed by atoms with van der Waals surface area (Å²) in [4.78, 5) is 17.1. The van der Waals surface area contributed by atoms with Gasteiger partial charge in [-0.3, -0.25) is 4.79 Å². The van der Waals surface area contributed by atoms with Gasteiger partial charge in [0.25, 0.3) is 5.91 Å². The van der Waals surface area contributed by atoms with Crippen molar-refractivity contribution in [3.05, 3.63) is 108 Å². The Balaban J connectivity index is 1.39. The zero-order valence-corrected chi connectivity index (χ0v) is 22.0. The van der Waals surface area contributed by atoms with Gasteiger partial charge in [-0.2, -0.15) is 5.10 Å². The zero-order chi connectivity index (χ0) is 26.7. The minimum absolute atomic E-state index is 0.130. The first-order chi connectivity index (χ1) is 18.3. The number of pyridine rings is 1. The van der Waals surface area contributed by atoms with Crippen LogP contribution in [0, 0.1) is 18.3 Å². The summed E-state index contributed by atoms with van der Waals surface area (Å²) < 4.78 is 1.99. The lowest BCUT2D eigenvalue weighted by molar-refractivity contribution is 0.0917. The molecule has 38 heavy (non-hydrogen) atoms. The Kier molecular flexibility index (Phi) is 7.18. The summed E-state index contributed by atoms with van der Waals surface area (Å²) in [6.07, 6.45) is 11.8. The number of aromatic nitrogens is 3. The molecule has 1 aliphatic heterocycles. The SMILES string of the molecule is C=C1CC[C@H](CC(NC(=O)c2cccc(O)n2)c2ccccc2)[C@@]1(C)Cc1cnn(C2=CNCC=C2)c1C. The van der Waals surface area contributed by atoms with Crippen LogP contribution in [0.15, 0.2) is 85.2 Å². The minimum Gasteiger partial charge on any atom is -0.493 e. The predicted octanol–water partition coefficient (Wildman–Crippen LogP) is 5.33. The summed E-state index contributed by atoms with van der Waals surface area (Å²) in [6.45, 7) is 9.76. The molecule has 3 atom stereocenters. The lowest BCUT2D eigenvalue weighted by atomic mass is 9.70. The molecule has 1 unspecified atom stereocenters. The van der Waals surface area contributed by atoms with Gasteiger partial charge in [0, 0.05) is 24.5 Å². The molecule has 1 amide bonds. The summed E-state index contributed by atoms with van der Waals surface area (Å²) in [6, 6.07) is 14.6. The minimum atomic E-state index is -0.298.